The van der Waals surface area contributed by atoms with Gasteiger partial charge in [0.25, 0.3) is 5.91 Å². The number of halogens is 2. The van der Waals surface area contributed by atoms with Crippen LogP contribution in [0.5, 0.6) is 0 Å². The number of carbonyl (C=O) groups is 1. The van der Waals surface area contributed by atoms with Gasteiger partial charge in [0.2, 0.25) is 0 Å². The summed E-state index contributed by atoms with van der Waals surface area (Å²) in [6.45, 7) is 6.95. The van der Waals surface area contributed by atoms with Crippen molar-refractivity contribution >= 4 is 17.5 Å². The summed E-state index contributed by atoms with van der Waals surface area (Å²) in [5.41, 5.74) is -1.06. The van der Waals surface area contributed by atoms with E-state index in [1.54, 1.807) is 26.0 Å². The number of nitrogens with zero attached hydrogens (tertiary/aromatic N) is 1. The highest BCUT2D eigenvalue weighted by atomic mass is 35.5. The number of carbonyl (C=O) groups excluding carboxylic acids is 1. The van der Waals surface area contributed by atoms with Crippen molar-refractivity contribution in [3.05, 3.63) is 34.6 Å². The number of aliphatic hydroxyl groups is 1. The van der Waals surface area contributed by atoms with Gasteiger partial charge in [-0.1, -0.05) is 31.5 Å². The lowest BCUT2D eigenvalue weighted by atomic mass is 9.91. The predicted molar refractivity (Wildman–Crippen MR) is 93.4 cm³/mol. The van der Waals surface area contributed by atoms with Crippen LogP contribution < -0.4 is 5.32 Å². The van der Waals surface area contributed by atoms with E-state index in [4.69, 9.17) is 11.6 Å². The molecule has 134 valence electrons. The second kappa shape index (κ2) is 7.81. The zero-order valence-corrected chi connectivity index (χ0v) is 15.2. The number of amides is 1. The number of benzene rings is 1. The van der Waals surface area contributed by atoms with Crippen LogP contribution in [0.25, 0.3) is 0 Å². The highest BCUT2D eigenvalue weighted by molar-refractivity contribution is 6.31. The quantitative estimate of drug-likeness (QED) is 0.823. The molecule has 1 aromatic rings. The van der Waals surface area contributed by atoms with Crippen molar-refractivity contribution in [3.8, 4) is 0 Å². The van der Waals surface area contributed by atoms with Crippen LogP contribution in [0.3, 0.4) is 0 Å². The molecule has 0 bridgehead atoms. The molecular formula is C18H26ClFN2O2. The van der Waals surface area contributed by atoms with E-state index in [2.05, 4.69) is 10.2 Å². The molecule has 1 heterocycles. The summed E-state index contributed by atoms with van der Waals surface area (Å²) in [6.07, 6.45) is 2.08. The third kappa shape index (κ3) is 4.08. The molecule has 24 heavy (non-hydrogen) atoms. The molecule has 2 atom stereocenters. The van der Waals surface area contributed by atoms with Crippen molar-refractivity contribution in [2.75, 3.05) is 19.6 Å². The van der Waals surface area contributed by atoms with Crippen molar-refractivity contribution in [2.45, 2.75) is 45.3 Å². The molecule has 1 aliphatic rings. The standard InChI is InChI=1S/C18H26ClFN2O2/c1-12(2)18(3,24)17(23)21-11-15(22-9-4-5-10-22)16-13(19)7-6-8-14(16)20/h6-8,12,15,24H,4-5,9-11H2,1-3H3,(H,21,23)/t15-,18-/m0/s1. The van der Waals surface area contributed by atoms with Crippen LogP contribution in [0.4, 0.5) is 4.39 Å². The van der Waals surface area contributed by atoms with Crippen molar-refractivity contribution in [3.63, 3.8) is 0 Å². The van der Waals surface area contributed by atoms with Gasteiger partial charge in [-0.05, 0) is 50.9 Å². The summed E-state index contributed by atoms with van der Waals surface area (Å²) in [5, 5.41) is 13.4. The normalized spacial score (nSPS) is 19.3. The molecule has 0 radical (unpaired) electrons. The minimum absolute atomic E-state index is 0.211. The molecule has 1 aliphatic heterocycles. The first-order valence-electron chi connectivity index (χ1n) is 8.43. The van der Waals surface area contributed by atoms with Gasteiger partial charge in [-0.25, -0.2) is 4.39 Å². The largest absolute Gasteiger partial charge is 0.380 e. The summed E-state index contributed by atoms with van der Waals surface area (Å²) in [5.74, 6) is -1.04. The smallest absolute Gasteiger partial charge is 0.252 e. The average molecular weight is 357 g/mol. The summed E-state index contributed by atoms with van der Waals surface area (Å²) >= 11 is 6.23. The Morgan fingerprint density at radius 3 is 2.58 bits per heavy atom. The Balaban J connectivity index is 2.21. The Kier molecular flexibility index (Phi) is 6.23. The second-order valence-electron chi connectivity index (χ2n) is 6.91. The Hall–Kier alpha value is -1.17. The van der Waals surface area contributed by atoms with Crippen molar-refractivity contribution in [2.24, 2.45) is 5.92 Å². The maximum Gasteiger partial charge on any atom is 0.252 e. The van der Waals surface area contributed by atoms with E-state index in [1.807, 2.05) is 0 Å². The van der Waals surface area contributed by atoms with Gasteiger partial charge in [-0.2, -0.15) is 0 Å². The van der Waals surface area contributed by atoms with Gasteiger partial charge in [-0.3, -0.25) is 9.69 Å². The van der Waals surface area contributed by atoms with Gasteiger partial charge in [0.15, 0.2) is 0 Å². The lowest BCUT2D eigenvalue weighted by Crippen LogP contribution is -2.50. The van der Waals surface area contributed by atoms with Crippen LogP contribution in [-0.2, 0) is 4.79 Å². The molecule has 4 nitrogen and oxygen atoms in total. The monoisotopic (exact) mass is 356 g/mol. The lowest BCUT2D eigenvalue weighted by Gasteiger charge is -2.31. The van der Waals surface area contributed by atoms with Crippen LogP contribution in [0, 0.1) is 11.7 Å². The van der Waals surface area contributed by atoms with E-state index < -0.39 is 11.5 Å². The molecule has 0 unspecified atom stereocenters. The molecule has 1 fully saturated rings. The first-order chi connectivity index (χ1) is 11.2. The Morgan fingerprint density at radius 1 is 1.42 bits per heavy atom. The topological polar surface area (TPSA) is 52.6 Å². The van der Waals surface area contributed by atoms with Crippen LogP contribution in [0.15, 0.2) is 18.2 Å². The second-order valence-corrected chi connectivity index (χ2v) is 7.31. The number of nitrogens with one attached hydrogen (secondary N) is 1. The molecule has 0 aromatic heterocycles. The summed E-state index contributed by atoms with van der Waals surface area (Å²) in [4.78, 5) is 14.5. The van der Waals surface area contributed by atoms with Gasteiger partial charge in [0.1, 0.15) is 11.4 Å². The molecule has 1 aromatic carbocycles. The summed E-state index contributed by atoms with van der Waals surface area (Å²) in [7, 11) is 0. The fourth-order valence-corrected chi connectivity index (χ4v) is 3.22. The van der Waals surface area contributed by atoms with Crippen molar-refractivity contribution < 1.29 is 14.3 Å². The maximum atomic E-state index is 14.4. The number of rotatable bonds is 6. The molecule has 1 saturated heterocycles. The number of hydrogen-bond donors (Lipinski definition) is 2. The van der Waals surface area contributed by atoms with Gasteiger partial charge in [-0.15, -0.1) is 0 Å². The molecule has 0 spiro atoms. The number of hydrogen-bond acceptors (Lipinski definition) is 3. The average Bonchev–Trinajstić information content (AvgIpc) is 3.03. The molecule has 2 rings (SSSR count). The first kappa shape index (κ1) is 19.2. The zero-order valence-electron chi connectivity index (χ0n) is 14.5. The van der Waals surface area contributed by atoms with Crippen LogP contribution in [0.1, 0.15) is 45.2 Å². The van der Waals surface area contributed by atoms with E-state index in [0.717, 1.165) is 25.9 Å². The maximum absolute atomic E-state index is 14.4. The highest BCUT2D eigenvalue weighted by Crippen LogP contribution is 2.32. The van der Waals surface area contributed by atoms with Gasteiger partial charge in [0, 0.05) is 17.1 Å². The lowest BCUT2D eigenvalue weighted by molar-refractivity contribution is -0.142. The molecule has 0 aliphatic carbocycles. The van der Waals surface area contributed by atoms with E-state index in [9.17, 15) is 14.3 Å². The van der Waals surface area contributed by atoms with Gasteiger partial charge in [0.05, 0.1) is 6.04 Å². The van der Waals surface area contributed by atoms with E-state index in [1.165, 1.54) is 13.0 Å². The Bertz CT molecular complexity index is 566. The van der Waals surface area contributed by atoms with Crippen LogP contribution in [-0.4, -0.2) is 41.1 Å². The molecular weight excluding hydrogens is 331 g/mol. The Morgan fingerprint density at radius 2 is 2.04 bits per heavy atom. The Labute approximate surface area is 148 Å². The van der Waals surface area contributed by atoms with Crippen molar-refractivity contribution in [1.29, 1.82) is 0 Å². The van der Waals surface area contributed by atoms with Crippen LogP contribution >= 0.6 is 11.6 Å². The predicted octanol–water partition coefficient (Wildman–Crippen LogP) is 3.14. The summed E-state index contributed by atoms with van der Waals surface area (Å²) < 4.78 is 14.4. The van der Waals surface area contributed by atoms with Crippen LogP contribution in [0.2, 0.25) is 5.02 Å². The summed E-state index contributed by atoms with van der Waals surface area (Å²) in [6, 6.07) is 4.28. The third-order valence-electron chi connectivity index (χ3n) is 4.95. The fourth-order valence-electron chi connectivity index (χ4n) is 2.93. The number of likely N-dealkylation sites (tertiary alicyclic amines) is 1. The zero-order chi connectivity index (χ0) is 17.9. The van der Waals surface area contributed by atoms with Crippen molar-refractivity contribution in [1.82, 2.24) is 10.2 Å². The molecule has 6 heteroatoms. The molecule has 0 saturated carbocycles. The van der Waals surface area contributed by atoms with Gasteiger partial charge >= 0.3 is 0 Å². The molecule has 2 N–H and O–H groups in total. The fraction of sp³-hybridized carbons (Fsp3) is 0.611. The molecule has 1 amide bonds. The van der Waals surface area contributed by atoms with Gasteiger partial charge < -0.3 is 10.4 Å². The van der Waals surface area contributed by atoms with E-state index >= 15 is 0 Å². The SMILES string of the molecule is CC(C)[C@](C)(O)C(=O)NC[C@@H](c1c(F)cccc1Cl)N1CCCC1. The van der Waals surface area contributed by atoms with E-state index in [-0.39, 0.29) is 24.3 Å². The minimum Gasteiger partial charge on any atom is -0.380 e. The van der Waals surface area contributed by atoms with E-state index in [0.29, 0.717) is 10.6 Å². The third-order valence-corrected chi connectivity index (χ3v) is 5.28. The highest BCUT2D eigenvalue weighted by Gasteiger charge is 2.35. The minimum atomic E-state index is -1.46. The first-order valence-corrected chi connectivity index (χ1v) is 8.81.